The van der Waals surface area contributed by atoms with E-state index in [1.54, 1.807) is 41.3 Å². The Morgan fingerprint density at radius 1 is 1.27 bits per heavy atom. The summed E-state index contributed by atoms with van der Waals surface area (Å²) in [6, 6.07) is 10.7. The van der Waals surface area contributed by atoms with Crippen LogP contribution in [0.1, 0.15) is 24.7 Å². The zero-order valence-corrected chi connectivity index (χ0v) is 16.9. The highest BCUT2D eigenvalue weighted by Gasteiger charge is 2.13. The Morgan fingerprint density at radius 2 is 2.00 bits per heavy atom. The minimum Gasteiger partial charge on any atom is -0.332 e. The number of fused-ring (bicyclic) bond motifs is 1. The maximum atomic E-state index is 12.7. The van der Waals surface area contributed by atoms with Crippen molar-refractivity contribution >= 4 is 40.2 Å². The Labute approximate surface area is 177 Å². The Hall–Kier alpha value is -3.52. The summed E-state index contributed by atoms with van der Waals surface area (Å²) >= 11 is 5.99. The normalized spacial score (nSPS) is 11.1. The van der Waals surface area contributed by atoms with Crippen molar-refractivity contribution in [3.63, 3.8) is 0 Å². The number of nitro groups is 1. The predicted molar refractivity (Wildman–Crippen MR) is 115 cm³/mol. The van der Waals surface area contributed by atoms with E-state index in [4.69, 9.17) is 11.6 Å². The van der Waals surface area contributed by atoms with Crippen molar-refractivity contribution in [1.82, 2.24) is 14.9 Å². The number of nitrogens with zero attached hydrogens (tertiary/aromatic N) is 3. The van der Waals surface area contributed by atoms with Crippen molar-refractivity contribution in [1.29, 1.82) is 0 Å². The van der Waals surface area contributed by atoms with Gasteiger partial charge >= 0.3 is 0 Å². The molecule has 0 atom stereocenters. The van der Waals surface area contributed by atoms with E-state index in [1.165, 1.54) is 18.2 Å². The Bertz CT molecular complexity index is 1170. The number of aromatic nitrogens is 2. The molecule has 1 aromatic heterocycles. The Morgan fingerprint density at radius 3 is 2.67 bits per heavy atom. The van der Waals surface area contributed by atoms with E-state index in [0.717, 1.165) is 6.42 Å². The van der Waals surface area contributed by atoms with Crippen molar-refractivity contribution in [2.75, 3.05) is 6.54 Å². The topological polar surface area (TPSA) is 109 Å². The van der Waals surface area contributed by atoms with E-state index in [0.29, 0.717) is 33.9 Å². The number of hydrogen-bond donors (Lipinski definition) is 1. The van der Waals surface area contributed by atoms with E-state index in [2.05, 4.69) is 9.97 Å². The third-order valence-corrected chi connectivity index (χ3v) is 4.62. The fraction of sp³-hybridized carbons (Fsp3) is 0.190. The number of amides is 1. The van der Waals surface area contributed by atoms with Gasteiger partial charge < -0.3 is 9.88 Å². The minimum atomic E-state index is -0.480. The molecule has 3 rings (SSSR count). The molecule has 3 aromatic rings. The second-order valence-corrected chi connectivity index (χ2v) is 7.05. The number of halogens is 1. The average molecular weight is 427 g/mol. The van der Waals surface area contributed by atoms with Crippen LogP contribution in [0.25, 0.3) is 17.0 Å². The fourth-order valence-electron chi connectivity index (χ4n) is 2.93. The van der Waals surface area contributed by atoms with Gasteiger partial charge in [-0.25, -0.2) is 4.98 Å². The van der Waals surface area contributed by atoms with E-state index in [9.17, 15) is 19.7 Å². The molecule has 1 N–H and O–H groups in total. The molecule has 0 unspecified atom stereocenters. The van der Waals surface area contributed by atoms with Gasteiger partial charge in [0.2, 0.25) is 5.91 Å². The van der Waals surface area contributed by atoms with Gasteiger partial charge in [0, 0.05) is 29.8 Å². The summed E-state index contributed by atoms with van der Waals surface area (Å²) < 4.78 is 0. The zero-order valence-electron chi connectivity index (χ0n) is 16.2. The van der Waals surface area contributed by atoms with Crippen LogP contribution in [0.2, 0.25) is 5.02 Å². The first-order valence-corrected chi connectivity index (χ1v) is 9.65. The number of carbonyl (C=O) groups excluding carboxylic acids is 1. The second kappa shape index (κ2) is 9.32. The molecule has 1 heterocycles. The lowest BCUT2D eigenvalue weighted by Gasteiger charge is -2.20. The summed E-state index contributed by atoms with van der Waals surface area (Å²) in [6.07, 6.45) is 3.71. The van der Waals surface area contributed by atoms with Crippen LogP contribution in [0.3, 0.4) is 0 Å². The number of hydrogen-bond acceptors (Lipinski definition) is 5. The van der Waals surface area contributed by atoms with Crippen molar-refractivity contribution < 1.29 is 9.72 Å². The van der Waals surface area contributed by atoms with Crippen molar-refractivity contribution in [2.45, 2.75) is 19.9 Å². The summed E-state index contributed by atoms with van der Waals surface area (Å²) in [4.78, 5) is 43.9. The molecule has 0 aliphatic carbocycles. The first kappa shape index (κ1) is 21.2. The molecule has 9 heteroatoms. The SMILES string of the molecule is CCCN(Cc1nc2cc(Cl)ccc2c(=O)[nH]1)C(=O)/C=C/c1ccc([N+](=O)[O-])cc1. The predicted octanol–water partition coefficient (Wildman–Crippen LogP) is 3.94. The summed E-state index contributed by atoms with van der Waals surface area (Å²) in [5.41, 5.74) is 0.818. The lowest BCUT2D eigenvalue weighted by Crippen LogP contribution is -2.31. The standard InChI is InChI=1S/C21H19ClN4O4/c1-2-11-25(20(27)10-5-14-3-7-16(8-4-14)26(29)30)13-19-23-18-12-15(22)6-9-17(18)21(28)24-19/h3-10,12H,2,11,13H2,1H3,(H,23,24,28)/b10-5+. The molecule has 0 spiro atoms. The highest BCUT2D eigenvalue weighted by molar-refractivity contribution is 6.31. The first-order valence-electron chi connectivity index (χ1n) is 9.27. The summed E-state index contributed by atoms with van der Waals surface area (Å²) in [5, 5.41) is 11.6. The fourth-order valence-corrected chi connectivity index (χ4v) is 3.10. The highest BCUT2D eigenvalue weighted by Crippen LogP contribution is 2.16. The van der Waals surface area contributed by atoms with Gasteiger partial charge in [-0.3, -0.25) is 19.7 Å². The van der Waals surface area contributed by atoms with Crippen LogP contribution in [0.4, 0.5) is 5.69 Å². The second-order valence-electron chi connectivity index (χ2n) is 6.62. The van der Waals surface area contributed by atoms with Crippen molar-refractivity contribution in [2.24, 2.45) is 0 Å². The molecular formula is C21H19ClN4O4. The van der Waals surface area contributed by atoms with Crippen molar-refractivity contribution in [3.8, 4) is 0 Å². The van der Waals surface area contributed by atoms with Crippen LogP contribution >= 0.6 is 11.6 Å². The van der Waals surface area contributed by atoms with Crippen LogP contribution in [0.15, 0.2) is 53.3 Å². The summed E-state index contributed by atoms with van der Waals surface area (Å²) in [5.74, 6) is 0.101. The smallest absolute Gasteiger partial charge is 0.269 e. The molecule has 2 aromatic carbocycles. The molecule has 154 valence electrons. The molecule has 0 aliphatic rings. The number of rotatable bonds is 7. The van der Waals surface area contributed by atoms with Crippen molar-refractivity contribution in [3.05, 3.63) is 85.4 Å². The third kappa shape index (κ3) is 5.09. The molecule has 0 saturated heterocycles. The molecule has 0 saturated carbocycles. The van der Waals surface area contributed by atoms with Gasteiger partial charge in [-0.2, -0.15) is 0 Å². The van der Waals surface area contributed by atoms with Gasteiger partial charge in [0.25, 0.3) is 11.2 Å². The van der Waals surface area contributed by atoms with Crippen LogP contribution in [0.5, 0.6) is 0 Å². The molecule has 8 nitrogen and oxygen atoms in total. The van der Waals surface area contributed by atoms with Crippen LogP contribution in [-0.2, 0) is 11.3 Å². The Kier molecular flexibility index (Phi) is 6.58. The van der Waals surface area contributed by atoms with Gasteiger partial charge in [0.05, 0.1) is 22.4 Å². The molecule has 30 heavy (non-hydrogen) atoms. The largest absolute Gasteiger partial charge is 0.332 e. The number of carbonyl (C=O) groups is 1. The van der Waals surface area contributed by atoms with E-state index < -0.39 is 4.92 Å². The lowest BCUT2D eigenvalue weighted by molar-refractivity contribution is -0.384. The first-order chi connectivity index (χ1) is 14.4. The average Bonchev–Trinajstić information content (AvgIpc) is 2.71. The molecule has 0 radical (unpaired) electrons. The third-order valence-electron chi connectivity index (χ3n) is 4.39. The number of nitro benzene ring substituents is 1. The quantitative estimate of drug-likeness (QED) is 0.349. The Balaban J connectivity index is 1.79. The van der Waals surface area contributed by atoms with E-state index in [-0.39, 0.29) is 23.7 Å². The van der Waals surface area contributed by atoms with Gasteiger partial charge in [0.1, 0.15) is 5.82 Å². The van der Waals surface area contributed by atoms with E-state index >= 15 is 0 Å². The number of aromatic amines is 1. The van der Waals surface area contributed by atoms with Gasteiger partial charge in [-0.15, -0.1) is 0 Å². The van der Waals surface area contributed by atoms with Gasteiger partial charge in [-0.1, -0.05) is 18.5 Å². The van der Waals surface area contributed by atoms with Gasteiger partial charge in [0.15, 0.2) is 0 Å². The monoisotopic (exact) mass is 426 g/mol. The molecule has 0 aliphatic heterocycles. The zero-order chi connectivity index (χ0) is 21.7. The van der Waals surface area contributed by atoms with Crippen LogP contribution in [0, 0.1) is 10.1 Å². The molecule has 0 bridgehead atoms. The summed E-state index contributed by atoms with van der Waals surface area (Å²) in [6.45, 7) is 2.55. The number of nitrogens with one attached hydrogen (secondary N) is 1. The minimum absolute atomic E-state index is 0.0162. The maximum Gasteiger partial charge on any atom is 0.269 e. The van der Waals surface area contributed by atoms with E-state index in [1.807, 2.05) is 6.92 Å². The number of benzene rings is 2. The number of H-pyrrole nitrogens is 1. The highest BCUT2D eigenvalue weighted by atomic mass is 35.5. The summed E-state index contributed by atoms with van der Waals surface area (Å²) in [7, 11) is 0. The number of non-ortho nitro benzene ring substituents is 1. The lowest BCUT2D eigenvalue weighted by atomic mass is 10.2. The molecular weight excluding hydrogens is 408 g/mol. The van der Waals surface area contributed by atoms with Gasteiger partial charge in [-0.05, 0) is 48.4 Å². The molecule has 1 amide bonds. The maximum absolute atomic E-state index is 12.7. The van der Waals surface area contributed by atoms with Crippen LogP contribution in [-0.4, -0.2) is 32.2 Å². The molecule has 0 fully saturated rings. The van der Waals surface area contributed by atoms with Crippen LogP contribution < -0.4 is 5.56 Å².